The molecule has 0 spiro atoms. The quantitative estimate of drug-likeness (QED) is 0.325. The molecule has 174 valence electrons. The van der Waals surface area contributed by atoms with Crippen molar-refractivity contribution in [2.75, 3.05) is 11.9 Å². The molecule has 2 aromatic carbocycles. The highest BCUT2D eigenvalue weighted by atomic mass is 19.3. The number of aromatic nitrogens is 2. The first-order valence-electron chi connectivity index (χ1n) is 9.62. The lowest BCUT2D eigenvalue weighted by atomic mass is 10.1. The Hall–Kier alpha value is -4.02. The monoisotopic (exact) mass is 465 g/mol. The highest BCUT2D eigenvalue weighted by Crippen LogP contribution is 2.28. The van der Waals surface area contributed by atoms with Gasteiger partial charge < -0.3 is 19.5 Å². The van der Waals surface area contributed by atoms with Crippen molar-refractivity contribution < 1.29 is 36.6 Å². The van der Waals surface area contributed by atoms with Crippen LogP contribution in [0.25, 0.3) is 6.08 Å². The molecule has 0 bridgehead atoms. The van der Waals surface area contributed by atoms with Gasteiger partial charge in [-0.1, -0.05) is 6.07 Å². The van der Waals surface area contributed by atoms with E-state index in [1.165, 1.54) is 12.1 Å². The number of hydrogen-bond acceptors (Lipinski definition) is 5. The van der Waals surface area contributed by atoms with Crippen LogP contribution in [0, 0.1) is 0 Å². The third kappa shape index (κ3) is 7.87. The Bertz CT molecular complexity index is 1080. The number of anilines is 1. The molecule has 0 radical (unpaired) electrons. The molecule has 0 unspecified atom stereocenters. The molecule has 0 fully saturated rings. The molecule has 0 saturated carbocycles. The van der Waals surface area contributed by atoms with Gasteiger partial charge in [0.05, 0.1) is 6.54 Å². The number of amides is 1. The van der Waals surface area contributed by atoms with Crippen LogP contribution in [0.2, 0.25) is 0 Å². The molecule has 3 aromatic rings. The number of alkyl halides is 4. The van der Waals surface area contributed by atoms with Crippen LogP contribution in [-0.2, 0) is 11.3 Å². The molecular weight excluding hydrogens is 446 g/mol. The molecule has 1 heterocycles. The van der Waals surface area contributed by atoms with Crippen LogP contribution in [0.1, 0.15) is 5.56 Å². The summed E-state index contributed by atoms with van der Waals surface area (Å²) in [6.45, 7) is -5.39. The minimum absolute atomic E-state index is 0.0720. The highest BCUT2D eigenvalue weighted by Gasteiger charge is 2.12. The average molecular weight is 465 g/mol. The van der Waals surface area contributed by atoms with Crippen molar-refractivity contribution in [3.05, 3.63) is 72.6 Å². The summed E-state index contributed by atoms with van der Waals surface area (Å²) in [6.07, 6.45) is 5.78. The van der Waals surface area contributed by atoms with E-state index < -0.39 is 24.9 Å². The topological polar surface area (TPSA) is 74.6 Å². The molecule has 0 aliphatic heterocycles. The molecule has 1 amide bonds. The number of ether oxygens (including phenoxy) is 3. The van der Waals surface area contributed by atoms with Crippen LogP contribution in [0.4, 0.5) is 23.2 Å². The second-order valence-corrected chi connectivity index (χ2v) is 6.42. The van der Waals surface area contributed by atoms with Gasteiger partial charge in [0.2, 0.25) is 5.91 Å². The zero-order chi connectivity index (χ0) is 23.6. The summed E-state index contributed by atoms with van der Waals surface area (Å²) in [6, 6.07) is 11.7. The highest BCUT2D eigenvalue weighted by molar-refractivity contribution is 6.02. The predicted molar refractivity (Wildman–Crippen MR) is 112 cm³/mol. The van der Waals surface area contributed by atoms with Gasteiger partial charge in [-0.25, -0.2) is 0 Å². The molecule has 11 heteroatoms. The van der Waals surface area contributed by atoms with Crippen molar-refractivity contribution in [1.29, 1.82) is 0 Å². The van der Waals surface area contributed by atoms with Crippen LogP contribution in [0.15, 0.2) is 67.0 Å². The molecular formula is C22H19F4N3O4. The molecule has 7 nitrogen and oxygen atoms in total. The van der Waals surface area contributed by atoms with Gasteiger partial charge in [0, 0.05) is 41.9 Å². The maximum atomic E-state index is 12.7. The smallest absolute Gasteiger partial charge is 0.387 e. The summed E-state index contributed by atoms with van der Waals surface area (Å²) in [5.41, 5.74) is 0.522. The fourth-order valence-corrected chi connectivity index (χ4v) is 2.73. The number of benzene rings is 2. The molecule has 0 aliphatic rings. The summed E-state index contributed by atoms with van der Waals surface area (Å²) in [5, 5.41) is 6.69. The Morgan fingerprint density at radius 1 is 1.03 bits per heavy atom. The van der Waals surface area contributed by atoms with Crippen molar-refractivity contribution in [3.8, 4) is 17.2 Å². The Morgan fingerprint density at radius 3 is 2.58 bits per heavy atom. The van der Waals surface area contributed by atoms with Gasteiger partial charge in [-0.2, -0.15) is 22.7 Å². The van der Waals surface area contributed by atoms with Crippen molar-refractivity contribution in [1.82, 2.24) is 9.78 Å². The first kappa shape index (κ1) is 23.6. The largest absolute Gasteiger partial charge is 0.492 e. The number of carbonyl (C=O) groups excluding carboxylic acids is 1. The number of halogens is 4. The number of rotatable bonds is 11. The van der Waals surface area contributed by atoms with E-state index in [4.69, 9.17) is 4.74 Å². The third-order valence-corrected chi connectivity index (χ3v) is 4.09. The first-order valence-corrected chi connectivity index (χ1v) is 9.62. The number of nitrogens with one attached hydrogen (secondary N) is 1. The van der Waals surface area contributed by atoms with E-state index in [2.05, 4.69) is 19.9 Å². The lowest BCUT2D eigenvalue weighted by Crippen LogP contribution is -2.10. The standard InChI is InChI=1S/C22H19F4N3O4/c23-21(24)32-18-7-5-15(19(14-18)33-22(25)26)6-8-20(30)28-16-3-1-4-17(13-16)31-12-11-29-10-2-9-27-29/h1-10,13-14,21-22H,11-12H2,(H,28,30)/b8-6+. The minimum atomic E-state index is -3.19. The van der Waals surface area contributed by atoms with Gasteiger partial charge >= 0.3 is 13.2 Å². The Balaban J connectivity index is 1.61. The molecule has 3 rings (SSSR count). The van der Waals surface area contributed by atoms with E-state index in [1.807, 2.05) is 6.20 Å². The normalized spacial score (nSPS) is 11.2. The summed E-state index contributed by atoms with van der Waals surface area (Å²) >= 11 is 0. The van der Waals surface area contributed by atoms with E-state index in [9.17, 15) is 22.4 Å². The van der Waals surface area contributed by atoms with Crippen LogP contribution in [-0.4, -0.2) is 35.5 Å². The van der Waals surface area contributed by atoms with Gasteiger partial charge in [0.25, 0.3) is 0 Å². The fraction of sp³-hybridized carbons (Fsp3) is 0.182. The summed E-state index contributed by atoms with van der Waals surface area (Å²) < 4.78 is 65.9. The van der Waals surface area contributed by atoms with Gasteiger partial charge in [0.15, 0.2) is 0 Å². The van der Waals surface area contributed by atoms with Gasteiger partial charge in [-0.15, -0.1) is 0 Å². The SMILES string of the molecule is O=C(/C=C/c1ccc(OC(F)F)cc1OC(F)F)Nc1cccc(OCCn2cccn2)c1. The zero-order valence-corrected chi connectivity index (χ0v) is 17.0. The minimum Gasteiger partial charge on any atom is -0.492 e. The lowest BCUT2D eigenvalue weighted by molar-refractivity contribution is -0.111. The molecule has 1 aromatic heterocycles. The summed E-state index contributed by atoms with van der Waals surface area (Å²) in [5.74, 6) is -0.794. The van der Waals surface area contributed by atoms with Gasteiger partial charge in [0.1, 0.15) is 23.9 Å². The Kier molecular flexibility index (Phi) is 8.28. The van der Waals surface area contributed by atoms with E-state index >= 15 is 0 Å². The third-order valence-electron chi connectivity index (χ3n) is 4.09. The fourth-order valence-electron chi connectivity index (χ4n) is 2.73. The average Bonchev–Trinajstić information content (AvgIpc) is 3.26. The van der Waals surface area contributed by atoms with Crippen LogP contribution < -0.4 is 19.5 Å². The summed E-state index contributed by atoms with van der Waals surface area (Å²) in [7, 11) is 0. The maximum Gasteiger partial charge on any atom is 0.387 e. The van der Waals surface area contributed by atoms with Crippen molar-refractivity contribution in [2.45, 2.75) is 19.8 Å². The van der Waals surface area contributed by atoms with E-state index in [-0.39, 0.29) is 11.3 Å². The van der Waals surface area contributed by atoms with Crippen molar-refractivity contribution in [3.63, 3.8) is 0 Å². The second-order valence-electron chi connectivity index (χ2n) is 6.42. The van der Waals surface area contributed by atoms with E-state index in [0.29, 0.717) is 24.6 Å². The number of nitrogens with zero attached hydrogens (tertiary/aromatic N) is 2. The predicted octanol–water partition coefficient (Wildman–Crippen LogP) is 4.82. The molecule has 1 N–H and O–H groups in total. The van der Waals surface area contributed by atoms with Crippen LogP contribution in [0.5, 0.6) is 17.2 Å². The molecule has 33 heavy (non-hydrogen) atoms. The first-order chi connectivity index (χ1) is 15.9. The maximum absolute atomic E-state index is 12.7. The van der Waals surface area contributed by atoms with Gasteiger partial charge in [-0.05, 0) is 36.4 Å². The second kappa shape index (κ2) is 11.6. The van der Waals surface area contributed by atoms with Gasteiger partial charge in [-0.3, -0.25) is 9.48 Å². The Labute approximate surface area is 186 Å². The van der Waals surface area contributed by atoms with E-state index in [1.54, 1.807) is 41.2 Å². The molecule has 0 atom stereocenters. The lowest BCUT2D eigenvalue weighted by Gasteiger charge is -2.11. The van der Waals surface area contributed by atoms with Crippen LogP contribution in [0.3, 0.4) is 0 Å². The molecule has 0 saturated heterocycles. The molecule has 0 aliphatic carbocycles. The van der Waals surface area contributed by atoms with Crippen LogP contribution >= 0.6 is 0 Å². The number of carbonyl (C=O) groups is 1. The van der Waals surface area contributed by atoms with E-state index in [0.717, 1.165) is 18.2 Å². The zero-order valence-electron chi connectivity index (χ0n) is 17.0. The van der Waals surface area contributed by atoms with Crippen molar-refractivity contribution >= 4 is 17.7 Å². The summed E-state index contributed by atoms with van der Waals surface area (Å²) in [4.78, 5) is 12.2. The Morgan fingerprint density at radius 2 is 1.85 bits per heavy atom. The number of hydrogen-bond donors (Lipinski definition) is 1. The van der Waals surface area contributed by atoms with Crippen molar-refractivity contribution in [2.24, 2.45) is 0 Å².